The van der Waals surface area contributed by atoms with E-state index in [1.807, 2.05) is 18.2 Å². The van der Waals surface area contributed by atoms with Crippen molar-refractivity contribution in [2.24, 2.45) is 0 Å². The highest BCUT2D eigenvalue weighted by Gasteiger charge is 2.16. The van der Waals surface area contributed by atoms with E-state index in [4.69, 9.17) is 10.00 Å². The maximum atomic E-state index is 8.95. The Morgan fingerprint density at radius 3 is 3.06 bits per heavy atom. The molecule has 1 aliphatic heterocycles. The van der Waals surface area contributed by atoms with Gasteiger partial charge in [0.05, 0.1) is 12.7 Å². The van der Waals surface area contributed by atoms with Crippen molar-refractivity contribution >= 4 is 0 Å². The average molecular weight is 245 g/mol. The van der Waals surface area contributed by atoms with E-state index in [1.165, 1.54) is 5.56 Å². The minimum Gasteiger partial charge on any atom is -0.495 e. The molecule has 1 aromatic carbocycles. The summed E-state index contributed by atoms with van der Waals surface area (Å²) >= 11 is 0. The van der Waals surface area contributed by atoms with Gasteiger partial charge in [0.1, 0.15) is 11.8 Å². The van der Waals surface area contributed by atoms with Crippen molar-refractivity contribution < 1.29 is 4.74 Å². The summed E-state index contributed by atoms with van der Waals surface area (Å²) in [4.78, 5) is 2.42. The van der Waals surface area contributed by atoms with Gasteiger partial charge in [-0.15, -0.1) is 0 Å². The third-order valence-electron chi connectivity index (χ3n) is 3.25. The molecule has 0 spiro atoms. The van der Waals surface area contributed by atoms with Gasteiger partial charge in [-0.2, -0.15) is 5.26 Å². The number of hydrogen-bond acceptors (Lipinski definition) is 4. The summed E-state index contributed by atoms with van der Waals surface area (Å²) in [5.74, 6) is 0.665. The van der Waals surface area contributed by atoms with Crippen molar-refractivity contribution in [3.63, 3.8) is 0 Å². The number of methoxy groups -OCH3 is 1. The number of ether oxygens (including phenoxy) is 1. The van der Waals surface area contributed by atoms with E-state index in [2.05, 4.69) is 23.2 Å². The number of piperazine rings is 1. The molecule has 0 saturated carbocycles. The molecule has 0 radical (unpaired) electrons. The fourth-order valence-corrected chi connectivity index (χ4v) is 2.34. The molecule has 2 rings (SSSR count). The smallest absolute Gasteiger partial charge is 0.136 e. The van der Waals surface area contributed by atoms with Crippen LogP contribution in [0.2, 0.25) is 0 Å². The molecule has 1 aliphatic rings. The molecule has 1 atom stereocenters. The van der Waals surface area contributed by atoms with Gasteiger partial charge in [-0.05, 0) is 24.6 Å². The van der Waals surface area contributed by atoms with Gasteiger partial charge in [-0.1, -0.05) is 6.07 Å². The van der Waals surface area contributed by atoms with Gasteiger partial charge in [-0.3, -0.25) is 4.90 Å². The third-order valence-corrected chi connectivity index (χ3v) is 3.25. The molecule has 1 saturated heterocycles. The minimum atomic E-state index is 0.541. The molecular formula is C14H19N3O. The minimum absolute atomic E-state index is 0.541. The fraction of sp³-hybridized carbons (Fsp3) is 0.500. The second-order valence-corrected chi connectivity index (χ2v) is 4.74. The van der Waals surface area contributed by atoms with Crippen molar-refractivity contribution in [3.8, 4) is 11.8 Å². The van der Waals surface area contributed by atoms with E-state index in [1.54, 1.807) is 7.11 Å². The molecule has 0 aliphatic carbocycles. The second kappa shape index (κ2) is 5.85. The van der Waals surface area contributed by atoms with E-state index < -0.39 is 0 Å². The van der Waals surface area contributed by atoms with Crippen LogP contribution in [-0.4, -0.2) is 37.7 Å². The Bertz CT molecular complexity index is 453. The summed E-state index contributed by atoms with van der Waals surface area (Å²) in [6.45, 7) is 6.27. The zero-order valence-corrected chi connectivity index (χ0v) is 10.9. The molecule has 1 N–H and O–H groups in total. The molecule has 1 fully saturated rings. The third kappa shape index (κ3) is 3.00. The van der Waals surface area contributed by atoms with Crippen LogP contribution in [0.5, 0.6) is 5.75 Å². The number of hydrogen-bond donors (Lipinski definition) is 1. The number of nitrogens with one attached hydrogen (secondary N) is 1. The van der Waals surface area contributed by atoms with Crippen molar-refractivity contribution in [1.29, 1.82) is 5.26 Å². The van der Waals surface area contributed by atoms with Crippen LogP contribution in [0, 0.1) is 11.3 Å². The molecule has 0 amide bonds. The first-order valence-electron chi connectivity index (χ1n) is 6.25. The lowest BCUT2D eigenvalue weighted by Gasteiger charge is -2.31. The van der Waals surface area contributed by atoms with Crippen LogP contribution in [-0.2, 0) is 6.54 Å². The highest BCUT2D eigenvalue weighted by Crippen LogP contribution is 2.20. The summed E-state index contributed by atoms with van der Waals surface area (Å²) in [5, 5.41) is 12.4. The topological polar surface area (TPSA) is 48.3 Å². The lowest BCUT2D eigenvalue weighted by atomic mass is 10.1. The Morgan fingerprint density at radius 1 is 1.56 bits per heavy atom. The Kier molecular flexibility index (Phi) is 4.19. The normalized spacial score (nSPS) is 20.4. The summed E-state index contributed by atoms with van der Waals surface area (Å²) < 4.78 is 5.23. The molecule has 4 heteroatoms. The Labute approximate surface area is 108 Å². The summed E-state index contributed by atoms with van der Waals surface area (Å²) in [5.41, 5.74) is 1.79. The van der Waals surface area contributed by atoms with Gasteiger partial charge in [0.2, 0.25) is 0 Å². The van der Waals surface area contributed by atoms with Crippen LogP contribution in [0.25, 0.3) is 0 Å². The van der Waals surface area contributed by atoms with Crippen LogP contribution in [0.3, 0.4) is 0 Å². The van der Waals surface area contributed by atoms with E-state index in [0.29, 0.717) is 17.4 Å². The van der Waals surface area contributed by atoms with E-state index in [-0.39, 0.29) is 0 Å². The van der Waals surface area contributed by atoms with Crippen molar-refractivity contribution in [3.05, 3.63) is 29.3 Å². The fourth-order valence-electron chi connectivity index (χ4n) is 2.34. The second-order valence-electron chi connectivity index (χ2n) is 4.74. The van der Waals surface area contributed by atoms with Crippen LogP contribution < -0.4 is 10.1 Å². The first-order valence-corrected chi connectivity index (χ1v) is 6.25. The van der Waals surface area contributed by atoms with Gasteiger partial charge in [-0.25, -0.2) is 0 Å². The van der Waals surface area contributed by atoms with Crippen LogP contribution in [0.15, 0.2) is 18.2 Å². The van der Waals surface area contributed by atoms with E-state index in [9.17, 15) is 0 Å². The number of benzene rings is 1. The maximum absolute atomic E-state index is 8.95. The summed E-state index contributed by atoms with van der Waals surface area (Å²) in [6.07, 6.45) is 0. The van der Waals surface area contributed by atoms with Crippen molar-refractivity contribution in [2.45, 2.75) is 19.5 Å². The van der Waals surface area contributed by atoms with Gasteiger partial charge in [0.25, 0.3) is 0 Å². The van der Waals surface area contributed by atoms with Crippen LogP contribution in [0.1, 0.15) is 18.1 Å². The highest BCUT2D eigenvalue weighted by atomic mass is 16.5. The van der Waals surface area contributed by atoms with Gasteiger partial charge < -0.3 is 10.1 Å². The predicted octanol–water partition coefficient (Wildman–Crippen LogP) is 1.36. The molecule has 1 aromatic rings. The first-order chi connectivity index (χ1) is 8.72. The molecular weight excluding hydrogens is 226 g/mol. The van der Waals surface area contributed by atoms with Gasteiger partial charge in [0.15, 0.2) is 0 Å². The predicted molar refractivity (Wildman–Crippen MR) is 70.5 cm³/mol. The number of nitrogens with zero attached hydrogens (tertiary/aromatic N) is 2. The van der Waals surface area contributed by atoms with Crippen molar-refractivity contribution in [1.82, 2.24) is 10.2 Å². The van der Waals surface area contributed by atoms with Gasteiger partial charge in [0, 0.05) is 32.2 Å². The average Bonchev–Trinajstić information content (AvgIpc) is 2.38. The summed E-state index contributed by atoms with van der Waals surface area (Å²) in [7, 11) is 1.60. The monoisotopic (exact) mass is 245 g/mol. The van der Waals surface area contributed by atoms with Gasteiger partial charge >= 0.3 is 0 Å². The van der Waals surface area contributed by atoms with Crippen molar-refractivity contribution in [2.75, 3.05) is 26.7 Å². The zero-order valence-electron chi connectivity index (χ0n) is 10.9. The van der Waals surface area contributed by atoms with Crippen LogP contribution in [0.4, 0.5) is 0 Å². The number of nitriles is 1. The molecule has 0 bridgehead atoms. The molecule has 0 unspecified atom stereocenters. The molecule has 1 heterocycles. The largest absolute Gasteiger partial charge is 0.495 e. The SMILES string of the molecule is COc1cc(CN2CCN[C@@H](C)C2)ccc1C#N. The highest BCUT2D eigenvalue weighted by molar-refractivity contribution is 5.45. The molecule has 96 valence electrons. The molecule has 18 heavy (non-hydrogen) atoms. The summed E-state index contributed by atoms with van der Waals surface area (Å²) in [6, 6.07) is 8.48. The molecule has 0 aromatic heterocycles. The first kappa shape index (κ1) is 12.9. The Morgan fingerprint density at radius 2 is 2.39 bits per heavy atom. The lowest BCUT2D eigenvalue weighted by Crippen LogP contribution is -2.48. The zero-order chi connectivity index (χ0) is 13.0. The molecule has 4 nitrogen and oxygen atoms in total. The standard InChI is InChI=1S/C14H19N3O/c1-11-9-17(6-5-16-11)10-12-3-4-13(8-15)14(7-12)18-2/h3-4,7,11,16H,5-6,9-10H2,1-2H3/t11-/m0/s1. The van der Waals surface area contributed by atoms with Crippen LogP contribution >= 0.6 is 0 Å². The maximum Gasteiger partial charge on any atom is 0.136 e. The quantitative estimate of drug-likeness (QED) is 0.873. The lowest BCUT2D eigenvalue weighted by molar-refractivity contribution is 0.199. The van der Waals surface area contributed by atoms with E-state index in [0.717, 1.165) is 26.2 Å². The number of rotatable bonds is 3. The Hall–Kier alpha value is -1.57. The Balaban J connectivity index is 2.07. The van der Waals surface area contributed by atoms with E-state index >= 15 is 0 Å².